The Morgan fingerprint density at radius 1 is 1.03 bits per heavy atom. The van der Waals surface area contributed by atoms with E-state index in [1.54, 1.807) is 24.3 Å². The Kier molecular flexibility index (Phi) is 8.55. The third-order valence-electron chi connectivity index (χ3n) is 4.71. The van der Waals surface area contributed by atoms with E-state index in [1.165, 1.54) is 26.4 Å². The predicted octanol–water partition coefficient (Wildman–Crippen LogP) is 5.22. The van der Waals surface area contributed by atoms with E-state index in [4.69, 9.17) is 21.1 Å². The van der Waals surface area contributed by atoms with Crippen molar-refractivity contribution in [1.29, 1.82) is 0 Å². The quantitative estimate of drug-likeness (QED) is 0.286. The van der Waals surface area contributed by atoms with Gasteiger partial charge in [0, 0.05) is 18.4 Å². The Morgan fingerprint density at radius 2 is 1.67 bits per heavy atom. The number of hydrogen-bond acceptors (Lipinski definition) is 5. The first kappa shape index (κ1) is 24.0. The molecule has 0 saturated heterocycles. The fourth-order valence-corrected chi connectivity index (χ4v) is 4.20. The number of alkyl halides is 1. The minimum Gasteiger partial charge on any atom is -0.496 e. The smallest absolute Gasteiger partial charge is 0.262 e. The van der Waals surface area contributed by atoms with Gasteiger partial charge in [0.15, 0.2) is 5.78 Å². The number of sulfonamides is 1. The monoisotopic (exact) mass is 453 g/mol. The molecular formula is C22H28ClNO5S. The molecule has 0 aliphatic rings. The van der Waals surface area contributed by atoms with E-state index in [9.17, 15) is 13.2 Å². The maximum absolute atomic E-state index is 12.9. The fraction of sp³-hybridized carbons (Fsp3) is 0.409. The molecule has 0 amide bonds. The Balaban J connectivity index is 2.39. The average molecular weight is 454 g/mol. The van der Waals surface area contributed by atoms with Gasteiger partial charge in [0.05, 0.1) is 30.4 Å². The van der Waals surface area contributed by atoms with Crippen LogP contribution in [0, 0.1) is 0 Å². The van der Waals surface area contributed by atoms with Gasteiger partial charge in [-0.25, -0.2) is 8.42 Å². The number of methoxy groups -OCH3 is 2. The molecule has 2 aromatic rings. The van der Waals surface area contributed by atoms with Crippen LogP contribution in [0.5, 0.6) is 11.5 Å². The highest BCUT2D eigenvalue weighted by Crippen LogP contribution is 2.35. The number of carbonyl (C=O) groups excluding carboxylic acids is 1. The number of benzene rings is 2. The second kappa shape index (κ2) is 10.7. The minimum atomic E-state index is -3.87. The minimum absolute atomic E-state index is 0.125. The second-order valence-corrected chi connectivity index (χ2v) is 9.21. The van der Waals surface area contributed by atoms with Gasteiger partial charge in [-0.1, -0.05) is 26.0 Å². The number of ketones is 1. The molecule has 0 bridgehead atoms. The van der Waals surface area contributed by atoms with Crippen molar-refractivity contribution in [2.75, 3.05) is 24.8 Å². The molecule has 164 valence electrons. The summed E-state index contributed by atoms with van der Waals surface area (Å²) in [6.07, 6.45) is 1.65. The molecule has 6 nitrogen and oxygen atoms in total. The van der Waals surface area contributed by atoms with Crippen molar-refractivity contribution in [1.82, 2.24) is 0 Å². The van der Waals surface area contributed by atoms with Crippen molar-refractivity contribution in [2.45, 2.75) is 43.9 Å². The maximum Gasteiger partial charge on any atom is 0.262 e. The van der Waals surface area contributed by atoms with Crippen LogP contribution in [0.1, 0.15) is 54.9 Å². The van der Waals surface area contributed by atoms with Crippen molar-refractivity contribution in [3.05, 3.63) is 47.5 Å². The van der Waals surface area contributed by atoms with Crippen LogP contribution in [0.25, 0.3) is 0 Å². The zero-order chi connectivity index (χ0) is 22.3. The van der Waals surface area contributed by atoms with Crippen LogP contribution < -0.4 is 14.2 Å². The molecule has 0 aliphatic heterocycles. The van der Waals surface area contributed by atoms with E-state index in [-0.39, 0.29) is 28.5 Å². The first-order valence-electron chi connectivity index (χ1n) is 9.71. The molecule has 0 fully saturated rings. The summed E-state index contributed by atoms with van der Waals surface area (Å²) in [6.45, 7) is 4.07. The standard InChI is InChI=1S/C22H28ClNO5S/c1-15(2)16-8-10-17(11-9-16)30(26,27)24-19-13-18(20(25)7-5-6-12-23)21(28-3)14-22(19)29-4/h8-11,13-15,24H,5-7,12H2,1-4H3. The summed E-state index contributed by atoms with van der Waals surface area (Å²) in [6, 6.07) is 9.67. The van der Waals surface area contributed by atoms with E-state index < -0.39 is 10.0 Å². The van der Waals surface area contributed by atoms with Gasteiger partial charge in [-0.2, -0.15) is 0 Å². The lowest BCUT2D eigenvalue weighted by molar-refractivity contribution is 0.0977. The topological polar surface area (TPSA) is 81.7 Å². The van der Waals surface area contributed by atoms with Crippen molar-refractivity contribution >= 4 is 33.1 Å². The highest BCUT2D eigenvalue weighted by atomic mass is 35.5. The van der Waals surface area contributed by atoms with Gasteiger partial charge in [-0.05, 0) is 42.5 Å². The van der Waals surface area contributed by atoms with Crippen LogP contribution >= 0.6 is 11.6 Å². The molecule has 1 N–H and O–H groups in total. The molecule has 2 rings (SSSR count). The largest absolute Gasteiger partial charge is 0.496 e. The van der Waals surface area contributed by atoms with E-state index >= 15 is 0 Å². The zero-order valence-electron chi connectivity index (χ0n) is 17.7. The zero-order valence-corrected chi connectivity index (χ0v) is 19.3. The van der Waals surface area contributed by atoms with Gasteiger partial charge in [0.25, 0.3) is 10.0 Å². The molecule has 0 heterocycles. The third-order valence-corrected chi connectivity index (χ3v) is 6.36. The number of carbonyl (C=O) groups is 1. The van der Waals surface area contributed by atoms with Gasteiger partial charge in [0.2, 0.25) is 0 Å². The molecule has 30 heavy (non-hydrogen) atoms. The highest BCUT2D eigenvalue weighted by molar-refractivity contribution is 7.92. The summed E-state index contributed by atoms with van der Waals surface area (Å²) in [5, 5.41) is 0. The lowest BCUT2D eigenvalue weighted by Crippen LogP contribution is -2.15. The third kappa shape index (κ3) is 5.89. The number of halogens is 1. The van der Waals surface area contributed by atoms with Crippen LogP contribution in [0.4, 0.5) is 5.69 Å². The number of anilines is 1. The number of Topliss-reactive ketones (excluding diaryl/α,β-unsaturated/α-hetero) is 1. The molecule has 0 radical (unpaired) electrons. The van der Waals surface area contributed by atoms with Gasteiger partial charge < -0.3 is 9.47 Å². The van der Waals surface area contributed by atoms with E-state index in [0.29, 0.717) is 29.5 Å². The van der Waals surface area contributed by atoms with Gasteiger partial charge in [-0.3, -0.25) is 9.52 Å². The lowest BCUT2D eigenvalue weighted by Gasteiger charge is -2.16. The van der Waals surface area contributed by atoms with Gasteiger partial charge >= 0.3 is 0 Å². The molecule has 2 aromatic carbocycles. The first-order chi connectivity index (χ1) is 14.2. The van der Waals surface area contributed by atoms with Crippen molar-refractivity contribution < 1.29 is 22.7 Å². The lowest BCUT2D eigenvalue weighted by atomic mass is 10.0. The number of nitrogens with one attached hydrogen (secondary N) is 1. The summed E-state index contributed by atoms with van der Waals surface area (Å²) in [5.74, 6) is 1.21. The van der Waals surface area contributed by atoms with Crippen LogP contribution in [-0.2, 0) is 10.0 Å². The second-order valence-electron chi connectivity index (χ2n) is 7.15. The summed E-state index contributed by atoms with van der Waals surface area (Å²) in [7, 11) is -0.999. The van der Waals surface area contributed by atoms with E-state index in [0.717, 1.165) is 12.0 Å². The summed E-state index contributed by atoms with van der Waals surface area (Å²) in [4.78, 5) is 12.8. The highest BCUT2D eigenvalue weighted by Gasteiger charge is 2.21. The Hall–Kier alpha value is -2.25. The summed E-state index contributed by atoms with van der Waals surface area (Å²) < 4.78 is 39.0. The van der Waals surface area contributed by atoms with Crippen molar-refractivity contribution in [3.8, 4) is 11.5 Å². The van der Waals surface area contributed by atoms with Crippen LogP contribution in [0.2, 0.25) is 0 Å². The fourth-order valence-electron chi connectivity index (χ4n) is 2.95. The van der Waals surface area contributed by atoms with Gasteiger partial charge in [-0.15, -0.1) is 11.6 Å². The molecule has 0 aromatic heterocycles. The van der Waals surface area contributed by atoms with Crippen molar-refractivity contribution in [3.63, 3.8) is 0 Å². The molecule has 8 heteroatoms. The average Bonchev–Trinajstić information content (AvgIpc) is 2.73. The molecule has 0 saturated carbocycles. The predicted molar refractivity (Wildman–Crippen MR) is 120 cm³/mol. The molecular weight excluding hydrogens is 426 g/mol. The Morgan fingerprint density at radius 3 is 2.20 bits per heavy atom. The number of ether oxygens (including phenoxy) is 2. The van der Waals surface area contributed by atoms with Crippen LogP contribution in [0.15, 0.2) is 41.3 Å². The van der Waals surface area contributed by atoms with Crippen LogP contribution in [-0.4, -0.2) is 34.3 Å². The molecule has 0 atom stereocenters. The number of unbranched alkanes of at least 4 members (excludes halogenated alkanes) is 1. The number of hydrogen-bond donors (Lipinski definition) is 1. The van der Waals surface area contributed by atoms with Crippen LogP contribution in [0.3, 0.4) is 0 Å². The maximum atomic E-state index is 12.9. The first-order valence-corrected chi connectivity index (χ1v) is 11.7. The Labute approximate surface area is 183 Å². The SMILES string of the molecule is COc1cc(OC)c(C(=O)CCCCCl)cc1NS(=O)(=O)c1ccc(C(C)C)cc1. The number of rotatable bonds is 11. The molecule has 0 spiro atoms. The summed E-state index contributed by atoms with van der Waals surface area (Å²) in [5.41, 5.74) is 1.51. The normalized spacial score (nSPS) is 11.4. The van der Waals surface area contributed by atoms with E-state index in [2.05, 4.69) is 4.72 Å². The summed E-state index contributed by atoms with van der Waals surface area (Å²) >= 11 is 5.68. The Bertz CT molecular complexity index is 972. The van der Waals surface area contributed by atoms with E-state index in [1.807, 2.05) is 13.8 Å². The molecule has 0 aliphatic carbocycles. The van der Waals surface area contributed by atoms with Crippen molar-refractivity contribution in [2.24, 2.45) is 0 Å². The van der Waals surface area contributed by atoms with Gasteiger partial charge in [0.1, 0.15) is 11.5 Å². The molecule has 0 unspecified atom stereocenters.